The Kier molecular flexibility index (Phi) is 6.77. The molecule has 1 saturated heterocycles. The molecular formula is C20H24ClN3O2. The average molecular weight is 374 g/mol. The van der Waals surface area contributed by atoms with Gasteiger partial charge in [-0.3, -0.25) is 9.59 Å². The molecule has 1 heterocycles. The smallest absolute Gasteiger partial charge is 0.255 e. The van der Waals surface area contributed by atoms with Gasteiger partial charge in [-0.2, -0.15) is 0 Å². The number of benzene rings is 2. The molecule has 1 aliphatic heterocycles. The number of para-hydroxylation sites is 1. The van der Waals surface area contributed by atoms with Gasteiger partial charge in [-0.15, -0.1) is 12.4 Å². The summed E-state index contributed by atoms with van der Waals surface area (Å²) in [6.45, 7) is 3.92. The summed E-state index contributed by atoms with van der Waals surface area (Å²) in [7, 11) is 0. The van der Waals surface area contributed by atoms with E-state index in [1.807, 2.05) is 42.2 Å². The second kappa shape index (κ2) is 8.83. The number of hydrogen-bond acceptors (Lipinski definition) is 3. The molecule has 26 heavy (non-hydrogen) atoms. The molecule has 1 aliphatic rings. The van der Waals surface area contributed by atoms with E-state index < -0.39 is 0 Å². The molecule has 1 fully saturated rings. The van der Waals surface area contributed by atoms with Gasteiger partial charge < -0.3 is 16.0 Å². The lowest BCUT2D eigenvalue weighted by atomic mass is 10.1. The summed E-state index contributed by atoms with van der Waals surface area (Å²) in [5.74, 6) is 0.0827. The van der Waals surface area contributed by atoms with E-state index in [1.54, 1.807) is 18.2 Å². The van der Waals surface area contributed by atoms with Crippen LogP contribution in [-0.2, 0) is 0 Å². The highest BCUT2D eigenvalue weighted by Crippen LogP contribution is 2.23. The first-order valence-corrected chi connectivity index (χ1v) is 8.55. The number of nitrogens with two attached hydrogens (primary N) is 1. The van der Waals surface area contributed by atoms with Gasteiger partial charge in [0.05, 0.1) is 11.3 Å². The van der Waals surface area contributed by atoms with Crippen molar-refractivity contribution >= 4 is 29.9 Å². The van der Waals surface area contributed by atoms with E-state index in [0.29, 0.717) is 42.4 Å². The molecule has 1 unspecified atom stereocenters. The van der Waals surface area contributed by atoms with Crippen molar-refractivity contribution < 1.29 is 9.59 Å². The van der Waals surface area contributed by atoms with Gasteiger partial charge in [0.15, 0.2) is 0 Å². The second-order valence-electron chi connectivity index (χ2n) is 6.51. The van der Waals surface area contributed by atoms with Crippen LogP contribution in [0.1, 0.15) is 32.7 Å². The molecule has 0 bridgehead atoms. The molecule has 0 radical (unpaired) electrons. The Bertz CT molecular complexity index is 794. The Morgan fingerprint density at radius 1 is 1.19 bits per heavy atom. The maximum absolute atomic E-state index is 12.8. The summed E-state index contributed by atoms with van der Waals surface area (Å²) < 4.78 is 0. The number of aryl methyl sites for hydroxylation is 1. The third-order valence-electron chi connectivity index (χ3n) is 4.59. The summed E-state index contributed by atoms with van der Waals surface area (Å²) in [6.07, 6.45) is 0.931. The monoisotopic (exact) mass is 373 g/mol. The molecule has 0 aromatic heterocycles. The molecule has 0 spiro atoms. The Labute approximate surface area is 160 Å². The van der Waals surface area contributed by atoms with Gasteiger partial charge in [0, 0.05) is 18.7 Å². The summed E-state index contributed by atoms with van der Waals surface area (Å²) in [5.41, 5.74) is 8.36. The molecule has 6 heteroatoms. The fraction of sp³-hybridized carbons (Fsp3) is 0.300. The lowest BCUT2D eigenvalue weighted by Crippen LogP contribution is -2.30. The van der Waals surface area contributed by atoms with Crippen molar-refractivity contribution in [1.29, 1.82) is 0 Å². The molecule has 3 rings (SSSR count). The van der Waals surface area contributed by atoms with Gasteiger partial charge in [-0.05, 0) is 50.1 Å². The number of anilines is 1. The van der Waals surface area contributed by atoms with Gasteiger partial charge in [-0.1, -0.05) is 29.8 Å². The van der Waals surface area contributed by atoms with Crippen LogP contribution < -0.4 is 11.1 Å². The van der Waals surface area contributed by atoms with Crippen molar-refractivity contribution in [3.05, 3.63) is 65.2 Å². The zero-order valence-corrected chi connectivity index (χ0v) is 15.6. The molecular weight excluding hydrogens is 350 g/mol. The first-order valence-electron chi connectivity index (χ1n) is 8.55. The Morgan fingerprint density at radius 3 is 2.65 bits per heavy atom. The molecule has 0 saturated carbocycles. The predicted octanol–water partition coefficient (Wildman–Crippen LogP) is 3.09. The van der Waals surface area contributed by atoms with Crippen molar-refractivity contribution in [1.82, 2.24) is 4.90 Å². The lowest BCUT2D eigenvalue weighted by Gasteiger charge is -2.18. The van der Waals surface area contributed by atoms with Crippen LogP contribution in [-0.4, -0.2) is 36.3 Å². The third-order valence-corrected chi connectivity index (χ3v) is 4.59. The summed E-state index contributed by atoms with van der Waals surface area (Å²) in [4.78, 5) is 27.2. The van der Waals surface area contributed by atoms with E-state index in [0.717, 1.165) is 12.0 Å². The third kappa shape index (κ3) is 4.42. The van der Waals surface area contributed by atoms with Gasteiger partial charge in [0.2, 0.25) is 0 Å². The molecule has 5 nitrogen and oxygen atoms in total. The predicted molar refractivity (Wildman–Crippen MR) is 106 cm³/mol. The quantitative estimate of drug-likeness (QED) is 0.864. The highest BCUT2D eigenvalue weighted by Gasteiger charge is 2.27. The maximum Gasteiger partial charge on any atom is 0.255 e. The summed E-state index contributed by atoms with van der Waals surface area (Å²) >= 11 is 0. The Hall–Kier alpha value is -2.37. The molecule has 0 aliphatic carbocycles. The standard InChI is InChI=1S/C20H23N3O2.ClH/c1-14-5-4-6-16(11-14)19(24)22-18-8-3-2-7-17(18)20(25)23-10-9-15(12-21)13-23;/h2-8,11,15H,9-10,12-13,21H2,1H3,(H,22,24);1H. The highest BCUT2D eigenvalue weighted by molar-refractivity contribution is 6.09. The highest BCUT2D eigenvalue weighted by atomic mass is 35.5. The van der Waals surface area contributed by atoms with Crippen LogP contribution in [0.3, 0.4) is 0 Å². The molecule has 3 N–H and O–H groups in total. The number of rotatable bonds is 4. The molecule has 2 aromatic rings. The van der Waals surface area contributed by atoms with Crippen LogP contribution in [0, 0.1) is 12.8 Å². The SMILES string of the molecule is Cc1cccc(C(=O)Nc2ccccc2C(=O)N2CCC(CN)C2)c1.Cl. The van der Waals surface area contributed by atoms with Crippen molar-refractivity contribution in [3.63, 3.8) is 0 Å². The number of carbonyl (C=O) groups excluding carboxylic acids is 2. The van der Waals surface area contributed by atoms with E-state index >= 15 is 0 Å². The maximum atomic E-state index is 12.8. The van der Waals surface area contributed by atoms with E-state index in [-0.39, 0.29) is 24.2 Å². The number of carbonyl (C=O) groups is 2. The van der Waals surface area contributed by atoms with Crippen LogP contribution in [0.25, 0.3) is 0 Å². The number of amides is 2. The topological polar surface area (TPSA) is 75.4 Å². The molecule has 2 amide bonds. The van der Waals surface area contributed by atoms with E-state index in [2.05, 4.69) is 5.32 Å². The normalized spacial score (nSPS) is 16.1. The van der Waals surface area contributed by atoms with Crippen LogP contribution in [0.15, 0.2) is 48.5 Å². The molecule has 2 aromatic carbocycles. The van der Waals surface area contributed by atoms with Gasteiger partial charge in [0.1, 0.15) is 0 Å². The minimum absolute atomic E-state index is 0. The van der Waals surface area contributed by atoms with Gasteiger partial charge in [0.25, 0.3) is 11.8 Å². The van der Waals surface area contributed by atoms with Crippen LogP contribution in [0.4, 0.5) is 5.69 Å². The van der Waals surface area contributed by atoms with Crippen LogP contribution in [0.2, 0.25) is 0 Å². The van der Waals surface area contributed by atoms with E-state index in [9.17, 15) is 9.59 Å². The Balaban J connectivity index is 0.00000243. The number of nitrogens with one attached hydrogen (secondary N) is 1. The van der Waals surface area contributed by atoms with Gasteiger partial charge >= 0.3 is 0 Å². The van der Waals surface area contributed by atoms with Crippen molar-refractivity contribution in [2.24, 2.45) is 11.7 Å². The second-order valence-corrected chi connectivity index (χ2v) is 6.51. The van der Waals surface area contributed by atoms with E-state index in [1.165, 1.54) is 0 Å². The largest absolute Gasteiger partial charge is 0.338 e. The average Bonchev–Trinajstić information content (AvgIpc) is 3.11. The van der Waals surface area contributed by atoms with Gasteiger partial charge in [-0.25, -0.2) is 0 Å². The van der Waals surface area contributed by atoms with E-state index in [4.69, 9.17) is 5.73 Å². The fourth-order valence-corrected chi connectivity index (χ4v) is 3.14. The van der Waals surface area contributed by atoms with Crippen LogP contribution >= 0.6 is 12.4 Å². The van der Waals surface area contributed by atoms with Crippen molar-refractivity contribution in [3.8, 4) is 0 Å². The van der Waals surface area contributed by atoms with Crippen molar-refractivity contribution in [2.45, 2.75) is 13.3 Å². The summed E-state index contributed by atoms with van der Waals surface area (Å²) in [6, 6.07) is 14.5. The summed E-state index contributed by atoms with van der Waals surface area (Å²) in [5, 5.41) is 2.87. The minimum atomic E-state index is -0.217. The fourth-order valence-electron chi connectivity index (χ4n) is 3.14. The zero-order valence-electron chi connectivity index (χ0n) is 14.8. The minimum Gasteiger partial charge on any atom is -0.338 e. The number of likely N-dealkylation sites (tertiary alicyclic amines) is 1. The first kappa shape index (κ1) is 19.9. The first-order chi connectivity index (χ1) is 12.1. The molecule has 138 valence electrons. The number of nitrogens with zero attached hydrogens (tertiary/aromatic N) is 1. The zero-order chi connectivity index (χ0) is 17.8. The van der Waals surface area contributed by atoms with Crippen LogP contribution in [0.5, 0.6) is 0 Å². The Morgan fingerprint density at radius 2 is 1.96 bits per heavy atom. The van der Waals surface area contributed by atoms with Crippen molar-refractivity contribution in [2.75, 3.05) is 25.0 Å². The number of hydrogen-bond donors (Lipinski definition) is 2. The number of halogens is 1. The molecule has 1 atom stereocenters. The lowest BCUT2D eigenvalue weighted by molar-refractivity contribution is 0.0788.